The zero-order valence-corrected chi connectivity index (χ0v) is 31.0. The van der Waals surface area contributed by atoms with Gasteiger partial charge in [0, 0.05) is 23.9 Å². The maximum Gasteiger partial charge on any atom is 0.469 e. The Morgan fingerprint density at radius 1 is 0.851 bits per heavy atom. The number of nitrogens with one attached hydrogen (secondary N) is 1. The fourth-order valence-electron chi connectivity index (χ4n) is 4.82. The Hall–Kier alpha value is -1.21. The van der Waals surface area contributed by atoms with Crippen LogP contribution in [-0.4, -0.2) is 78.1 Å². The molecule has 0 bridgehead atoms. The fourth-order valence-corrected chi connectivity index (χ4v) is 5.48. The number of nitrogens with zero attached hydrogens (tertiary/aromatic N) is 2. The van der Waals surface area contributed by atoms with Gasteiger partial charge in [0.2, 0.25) is 0 Å². The highest BCUT2D eigenvalue weighted by Gasteiger charge is 2.24. The molecule has 0 radical (unpaired) electrons. The largest absolute Gasteiger partial charge is 0.506 e. The minimum atomic E-state index is -4.81. The molecule has 1 aromatic heterocycles. The lowest BCUT2D eigenvalue weighted by molar-refractivity contribution is 0.111. The Morgan fingerprint density at radius 3 is 1.83 bits per heavy atom. The topological polar surface area (TPSA) is 202 Å². The Balaban J connectivity index is 0.00000270. The van der Waals surface area contributed by atoms with Gasteiger partial charge in [0.25, 0.3) is 0 Å². The van der Waals surface area contributed by atoms with E-state index in [1.54, 1.807) is 0 Å². The molecule has 0 saturated heterocycles. The van der Waals surface area contributed by atoms with E-state index in [2.05, 4.69) is 51.9 Å². The van der Waals surface area contributed by atoms with Crippen molar-refractivity contribution in [1.29, 1.82) is 0 Å². The van der Waals surface area contributed by atoms with Gasteiger partial charge in [-0.25, -0.2) is 9.13 Å². The first kappa shape index (κ1) is 45.8. The summed E-state index contributed by atoms with van der Waals surface area (Å²) in [5.74, 6) is -0.240. The van der Waals surface area contributed by atoms with Crippen LogP contribution in [0.2, 0.25) is 0 Å². The number of aromatic nitrogens is 1. The zero-order valence-electron chi connectivity index (χ0n) is 29.2. The molecule has 0 aliphatic rings. The second-order valence-corrected chi connectivity index (χ2v) is 14.1. The maximum atomic E-state index is 11.3. The van der Waals surface area contributed by atoms with Crippen LogP contribution < -0.4 is 5.32 Å². The van der Waals surface area contributed by atoms with Crippen LogP contribution in [0.4, 0.5) is 0 Å². The highest BCUT2D eigenvalue weighted by Crippen LogP contribution is 2.38. The number of unbranched alkanes of at least 4 members (excludes halogenated alkanes) is 11. The third-order valence-electron chi connectivity index (χ3n) is 7.84. The lowest BCUT2D eigenvalue weighted by Crippen LogP contribution is -2.42. The molecule has 7 N–H and O–H groups in total. The van der Waals surface area contributed by atoms with E-state index in [1.165, 1.54) is 90.2 Å². The molecule has 276 valence electrons. The van der Waals surface area contributed by atoms with Gasteiger partial charge in [0.05, 0.1) is 31.1 Å². The number of aliphatic hydroxyl groups excluding tert-OH is 1. The molecule has 0 amide bonds. The normalized spacial score (nSPS) is 13.6. The van der Waals surface area contributed by atoms with Crippen molar-refractivity contribution in [2.24, 2.45) is 0 Å². The number of rotatable bonds is 26. The molecule has 0 unspecified atom stereocenters. The monoisotopic (exact) mass is 711 g/mol. The molecule has 13 nitrogen and oxygen atoms in total. The number of phosphoric acid groups is 2. The summed E-state index contributed by atoms with van der Waals surface area (Å²) in [5.41, 5.74) is 0.654. The highest BCUT2D eigenvalue weighted by atomic mass is 31.2. The average Bonchev–Trinajstić information content (AvgIpc) is 3.01. The lowest BCUT2D eigenvalue weighted by atomic mass is 10.0. The molecule has 0 aromatic carbocycles. The van der Waals surface area contributed by atoms with E-state index in [9.17, 15) is 19.3 Å². The summed E-state index contributed by atoms with van der Waals surface area (Å²) in [5, 5.41) is 24.1. The summed E-state index contributed by atoms with van der Waals surface area (Å²) < 4.78 is 31.5. The van der Waals surface area contributed by atoms with E-state index < -0.39 is 41.0 Å². The molecule has 47 heavy (non-hydrogen) atoms. The molecule has 1 aromatic rings. The van der Waals surface area contributed by atoms with Crippen molar-refractivity contribution < 1.29 is 48.0 Å². The van der Waals surface area contributed by atoms with E-state index in [1.807, 2.05) is 6.08 Å². The second-order valence-electron chi connectivity index (χ2n) is 11.6. The number of hydrogen-bond donors (Lipinski definition) is 7. The Labute approximate surface area is 282 Å². The lowest BCUT2D eigenvalue weighted by Gasteiger charge is -2.23. The second kappa shape index (κ2) is 26.6. The van der Waals surface area contributed by atoms with E-state index in [-0.39, 0.29) is 29.1 Å². The summed E-state index contributed by atoms with van der Waals surface area (Å²) >= 11 is 0. The molecule has 1 heterocycles. The van der Waals surface area contributed by atoms with Crippen LogP contribution in [-0.2, 0) is 31.3 Å². The van der Waals surface area contributed by atoms with E-state index in [0.717, 1.165) is 25.7 Å². The van der Waals surface area contributed by atoms with Crippen LogP contribution in [0.5, 0.6) is 5.75 Å². The van der Waals surface area contributed by atoms with Crippen molar-refractivity contribution in [2.45, 2.75) is 137 Å². The van der Waals surface area contributed by atoms with Gasteiger partial charge in [0.15, 0.2) is 0 Å². The molecule has 0 fully saturated rings. The van der Waals surface area contributed by atoms with E-state index in [0.29, 0.717) is 0 Å². The number of aryl methyl sites for hydroxylation is 1. The van der Waals surface area contributed by atoms with Gasteiger partial charge >= 0.3 is 15.6 Å². The van der Waals surface area contributed by atoms with Gasteiger partial charge < -0.3 is 40.0 Å². The average molecular weight is 712 g/mol. The summed E-state index contributed by atoms with van der Waals surface area (Å²) in [6.45, 7) is 12.7. The molecule has 0 spiro atoms. The smallest absolute Gasteiger partial charge is 0.469 e. The van der Waals surface area contributed by atoms with Gasteiger partial charge in [0.1, 0.15) is 5.75 Å². The molecule has 0 saturated carbocycles. The predicted molar refractivity (Wildman–Crippen MR) is 186 cm³/mol. The number of aromatic hydroxyl groups is 1. The van der Waals surface area contributed by atoms with Crippen LogP contribution in [0.3, 0.4) is 0 Å². The fraction of sp³-hybridized carbons (Fsp3) is 0.781. The van der Waals surface area contributed by atoms with Gasteiger partial charge in [-0.3, -0.25) is 14.0 Å². The SMILES string of the molecule is CCCCCCCCCCCCC/C=C/[C@@H](O)[C@H](COP(=O)(O)O)NCc1c(COP(=O)(O)O)cnc(C)c1O.CCN(CC)CC. The van der Waals surface area contributed by atoms with Gasteiger partial charge in [-0.15, -0.1) is 0 Å². The number of allylic oxidation sites excluding steroid dienone is 1. The van der Waals surface area contributed by atoms with Crippen LogP contribution in [0.1, 0.15) is 122 Å². The zero-order chi connectivity index (χ0) is 35.7. The summed E-state index contributed by atoms with van der Waals surface area (Å²) in [7, 11) is -9.59. The van der Waals surface area contributed by atoms with Gasteiger partial charge in [-0.2, -0.15) is 0 Å². The first-order valence-electron chi connectivity index (χ1n) is 17.1. The molecule has 15 heteroatoms. The van der Waals surface area contributed by atoms with Crippen molar-refractivity contribution in [3.63, 3.8) is 0 Å². The maximum absolute atomic E-state index is 11.3. The van der Waals surface area contributed by atoms with Crippen molar-refractivity contribution in [3.05, 3.63) is 35.2 Å². The molecule has 2 atom stereocenters. The third-order valence-corrected chi connectivity index (χ3v) is 8.79. The standard InChI is InChI=1S/C26H48N2O10P2.C6H15N/c1-3-4-5-6-7-8-9-10-11-12-13-14-15-16-25(29)24(20-38-40(34,35)36)28-18-23-22(19-37-39(31,32)33)17-27-21(2)26(23)30;1-4-7(5-2)6-3/h15-17,24-25,28-30H,3-14,18-20H2,1-2H3,(H2,31,32,33)(H2,34,35,36);4-6H2,1-3H3/b16-15+;/t24-,25+;/m0./s1. The Morgan fingerprint density at radius 2 is 1.36 bits per heavy atom. The number of hydrogen-bond acceptors (Lipinski definition) is 9. The summed E-state index contributed by atoms with van der Waals surface area (Å²) in [6, 6.07) is -0.968. The summed E-state index contributed by atoms with van der Waals surface area (Å²) in [4.78, 5) is 42.6. The van der Waals surface area contributed by atoms with Crippen LogP contribution in [0, 0.1) is 6.92 Å². The highest BCUT2D eigenvalue weighted by molar-refractivity contribution is 7.46. The Bertz CT molecular complexity index is 1060. The van der Waals surface area contributed by atoms with Crippen molar-refractivity contribution in [1.82, 2.24) is 15.2 Å². The first-order valence-corrected chi connectivity index (χ1v) is 20.1. The van der Waals surface area contributed by atoms with Crippen LogP contribution in [0.25, 0.3) is 0 Å². The third kappa shape index (κ3) is 24.6. The molecule has 1 rings (SSSR count). The van der Waals surface area contributed by atoms with E-state index >= 15 is 0 Å². The quantitative estimate of drug-likeness (QED) is 0.0324. The van der Waals surface area contributed by atoms with Gasteiger partial charge in [-0.05, 0) is 39.4 Å². The Kier molecular flexibility index (Phi) is 25.9. The molecular weight excluding hydrogens is 648 g/mol. The van der Waals surface area contributed by atoms with Crippen molar-refractivity contribution >= 4 is 15.6 Å². The van der Waals surface area contributed by atoms with E-state index in [4.69, 9.17) is 19.6 Å². The number of phosphoric ester groups is 2. The number of pyridine rings is 1. The number of aliphatic hydroxyl groups is 1. The first-order chi connectivity index (χ1) is 22.2. The minimum Gasteiger partial charge on any atom is -0.506 e. The van der Waals surface area contributed by atoms with Crippen molar-refractivity contribution in [3.8, 4) is 5.75 Å². The predicted octanol–water partition coefficient (Wildman–Crippen LogP) is 6.24. The molecule has 0 aliphatic heterocycles. The van der Waals surface area contributed by atoms with Gasteiger partial charge in [-0.1, -0.05) is 104 Å². The van der Waals surface area contributed by atoms with Crippen molar-refractivity contribution in [2.75, 3.05) is 26.2 Å². The summed E-state index contributed by atoms with van der Waals surface area (Å²) in [6.07, 6.45) is 17.7. The minimum absolute atomic E-state index is 0.131. The van der Waals surface area contributed by atoms with Crippen LogP contribution in [0.15, 0.2) is 18.3 Å². The molecule has 0 aliphatic carbocycles. The molecular formula is C32H63N3O10P2. The van der Waals surface area contributed by atoms with Crippen LogP contribution >= 0.6 is 15.6 Å².